The smallest absolute Gasteiger partial charge is 0.316 e. The van der Waals surface area contributed by atoms with Gasteiger partial charge in [-0.05, 0) is 107 Å². The Morgan fingerprint density at radius 3 is 2.33 bits per heavy atom. The van der Waals surface area contributed by atoms with Crippen molar-refractivity contribution in [3.63, 3.8) is 0 Å². The number of ether oxygens (including phenoxy) is 1. The third-order valence-electron chi connectivity index (χ3n) is 11.4. The quantitative estimate of drug-likeness (QED) is 0.288. The summed E-state index contributed by atoms with van der Waals surface area (Å²) in [6, 6.07) is 10.9. The monoisotopic (exact) mass is 569 g/mol. The van der Waals surface area contributed by atoms with E-state index < -0.39 is 11.1 Å². The van der Waals surface area contributed by atoms with Crippen LogP contribution < -0.4 is 9.64 Å². The van der Waals surface area contributed by atoms with Gasteiger partial charge in [0.05, 0.1) is 17.7 Å². The molecular formula is C34H40FN5O2. The van der Waals surface area contributed by atoms with Crippen LogP contribution in [0.15, 0.2) is 42.7 Å². The SMILES string of the molecule is CCOc1ncc(-c2cccc(N(CC34CCC(c5cc(C6CC6)n(C)n5)(CC3)CC4)C(=O)C34CC(F)(C3)C4)c2)cn1. The maximum Gasteiger partial charge on any atom is 0.316 e. The lowest BCUT2D eigenvalue weighted by Crippen LogP contribution is -2.71. The number of anilines is 1. The summed E-state index contributed by atoms with van der Waals surface area (Å²) in [6.45, 7) is 3.12. The number of hydrogen-bond acceptors (Lipinski definition) is 5. The van der Waals surface area contributed by atoms with Crippen LogP contribution in [0.25, 0.3) is 11.1 Å². The number of aryl methyl sites for hydroxylation is 1. The Kier molecular flexibility index (Phi) is 5.71. The predicted molar refractivity (Wildman–Crippen MR) is 158 cm³/mol. The molecule has 7 fully saturated rings. The number of amides is 1. The van der Waals surface area contributed by atoms with E-state index in [1.54, 1.807) is 12.4 Å². The summed E-state index contributed by atoms with van der Waals surface area (Å²) in [7, 11) is 2.10. The van der Waals surface area contributed by atoms with Gasteiger partial charge in [0, 0.05) is 54.3 Å². The number of alkyl halides is 1. The third kappa shape index (κ3) is 4.11. The van der Waals surface area contributed by atoms with E-state index in [9.17, 15) is 9.18 Å². The fraction of sp³-hybridized carbons (Fsp3) is 0.588. The maximum atomic E-state index is 14.6. The molecule has 0 atom stereocenters. The minimum absolute atomic E-state index is 0.0840. The Bertz CT molecular complexity index is 1500. The first-order chi connectivity index (χ1) is 20.2. The molecule has 42 heavy (non-hydrogen) atoms. The number of halogens is 1. The van der Waals surface area contributed by atoms with Gasteiger partial charge in [-0.1, -0.05) is 12.1 Å². The molecule has 4 bridgehead atoms. The molecule has 0 aliphatic heterocycles. The van der Waals surface area contributed by atoms with Crippen LogP contribution in [0.2, 0.25) is 0 Å². The van der Waals surface area contributed by atoms with Crippen molar-refractivity contribution in [3.8, 4) is 17.1 Å². The van der Waals surface area contributed by atoms with E-state index in [1.165, 1.54) is 24.2 Å². The van der Waals surface area contributed by atoms with Crippen molar-refractivity contribution in [2.45, 2.75) is 94.6 Å². The number of benzene rings is 1. The van der Waals surface area contributed by atoms with Crippen molar-refractivity contribution >= 4 is 11.6 Å². The van der Waals surface area contributed by atoms with Crippen molar-refractivity contribution in [2.75, 3.05) is 18.1 Å². The normalized spacial score (nSPS) is 32.6. The highest BCUT2D eigenvalue weighted by molar-refractivity contribution is 6.00. The molecule has 0 N–H and O–H groups in total. The lowest BCUT2D eigenvalue weighted by molar-refractivity contribution is -0.211. The van der Waals surface area contributed by atoms with E-state index in [0.29, 0.717) is 44.3 Å². The van der Waals surface area contributed by atoms with Crippen LogP contribution in [0.5, 0.6) is 6.01 Å². The van der Waals surface area contributed by atoms with Crippen LogP contribution in [0.4, 0.5) is 10.1 Å². The average molecular weight is 570 g/mol. The fourth-order valence-corrected chi connectivity index (χ4v) is 8.70. The predicted octanol–water partition coefficient (Wildman–Crippen LogP) is 6.67. The van der Waals surface area contributed by atoms with Gasteiger partial charge >= 0.3 is 6.01 Å². The molecule has 2 aromatic heterocycles. The van der Waals surface area contributed by atoms with E-state index >= 15 is 0 Å². The van der Waals surface area contributed by atoms with E-state index in [0.717, 1.165) is 55.3 Å². The number of carbonyl (C=O) groups is 1. The molecule has 2 heterocycles. The summed E-state index contributed by atoms with van der Waals surface area (Å²) in [5.41, 5.74) is 4.03. The largest absolute Gasteiger partial charge is 0.464 e. The van der Waals surface area contributed by atoms with Gasteiger partial charge in [0.25, 0.3) is 0 Å². The number of nitrogens with zero attached hydrogens (tertiary/aromatic N) is 5. The van der Waals surface area contributed by atoms with E-state index in [1.807, 2.05) is 30.0 Å². The molecule has 3 aromatic rings. The maximum absolute atomic E-state index is 14.6. The van der Waals surface area contributed by atoms with Crippen LogP contribution in [-0.2, 0) is 17.3 Å². The van der Waals surface area contributed by atoms with Gasteiger partial charge in [0.1, 0.15) is 5.67 Å². The van der Waals surface area contributed by atoms with E-state index in [2.05, 4.69) is 33.8 Å². The van der Waals surface area contributed by atoms with Crippen LogP contribution in [0.3, 0.4) is 0 Å². The molecule has 8 heteroatoms. The third-order valence-corrected chi connectivity index (χ3v) is 11.4. The fourth-order valence-electron chi connectivity index (χ4n) is 8.70. The van der Waals surface area contributed by atoms with Crippen molar-refractivity contribution in [3.05, 3.63) is 54.1 Å². The summed E-state index contributed by atoms with van der Waals surface area (Å²) in [6.07, 6.45) is 13.9. The Hall–Kier alpha value is -3.29. The molecule has 10 rings (SSSR count). The number of carbonyl (C=O) groups excluding carboxylic acids is 1. The van der Waals surface area contributed by atoms with Gasteiger partial charge in [0.2, 0.25) is 5.91 Å². The van der Waals surface area contributed by atoms with Crippen LogP contribution >= 0.6 is 0 Å². The van der Waals surface area contributed by atoms with Gasteiger partial charge < -0.3 is 9.64 Å². The van der Waals surface area contributed by atoms with Gasteiger partial charge in [0.15, 0.2) is 0 Å². The lowest BCUT2D eigenvalue weighted by Gasteiger charge is -2.65. The Labute approximate surface area is 246 Å². The molecule has 1 aromatic carbocycles. The summed E-state index contributed by atoms with van der Waals surface area (Å²) < 4.78 is 22.1. The van der Waals surface area contributed by atoms with Crippen LogP contribution in [-0.4, -0.2) is 44.5 Å². The van der Waals surface area contributed by atoms with Crippen molar-refractivity contribution in [2.24, 2.45) is 17.9 Å². The van der Waals surface area contributed by atoms with E-state index in [-0.39, 0.29) is 16.7 Å². The molecule has 0 radical (unpaired) electrons. The van der Waals surface area contributed by atoms with Crippen molar-refractivity contribution in [1.82, 2.24) is 19.7 Å². The Balaban J connectivity index is 1.06. The summed E-state index contributed by atoms with van der Waals surface area (Å²) >= 11 is 0. The highest BCUT2D eigenvalue weighted by Crippen LogP contribution is 2.70. The molecular weight excluding hydrogens is 529 g/mol. The molecule has 0 spiro atoms. The highest BCUT2D eigenvalue weighted by Gasteiger charge is 2.73. The topological polar surface area (TPSA) is 73.1 Å². The highest BCUT2D eigenvalue weighted by atomic mass is 19.1. The minimum Gasteiger partial charge on any atom is -0.464 e. The first kappa shape index (κ1) is 26.3. The number of hydrogen-bond donors (Lipinski definition) is 0. The second kappa shape index (κ2) is 9.10. The standard InChI is InChI=1S/C34H40FN5O2/c1-3-42-30-36-17-25(18-37-30)24-5-4-6-26(15-24)40(29(41)33-19-34(35,20-33)21-33)22-31-9-12-32(13-10-31,14-11-31)28-16-27(23-7-8-23)39(2)38-28/h4-6,15-18,23H,3,7-14,19-22H2,1-2H3. The molecule has 1 amide bonds. The zero-order valence-electron chi connectivity index (χ0n) is 24.7. The Morgan fingerprint density at radius 1 is 1.02 bits per heavy atom. The number of rotatable bonds is 9. The average Bonchev–Trinajstić information content (AvgIpc) is 3.75. The zero-order chi connectivity index (χ0) is 28.7. The second-order valence-corrected chi connectivity index (χ2v) is 14.2. The van der Waals surface area contributed by atoms with Crippen molar-refractivity contribution < 1.29 is 13.9 Å². The minimum atomic E-state index is -1.11. The molecule has 220 valence electrons. The first-order valence-corrected chi connectivity index (χ1v) is 15.8. The van der Waals surface area contributed by atoms with Gasteiger partial charge in [-0.15, -0.1) is 0 Å². The van der Waals surface area contributed by atoms with Crippen molar-refractivity contribution in [1.29, 1.82) is 0 Å². The lowest BCUT2D eigenvalue weighted by atomic mass is 9.41. The molecule has 7 nitrogen and oxygen atoms in total. The molecule has 7 aliphatic carbocycles. The van der Waals surface area contributed by atoms with E-state index in [4.69, 9.17) is 9.84 Å². The zero-order valence-corrected chi connectivity index (χ0v) is 24.7. The molecule has 7 aliphatic rings. The van der Waals surface area contributed by atoms with Gasteiger partial charge in [-0.25, -0.2) is 14.4 Å². The molecule has 0 unspecified atom stereocenters. The second-order valence-electron chi connectivity index (χ2n) is 14.2. The summed E-state index contributed by atoms with van der Waals surface area (Å²) in [4.78, 5) is 25.0. The molecule has 7 saturated carbocycles. The summed E-state index contributed by atoms with van der Waals surface area (Å²) in [5.74, 6) is 0.807. The van der Waals surface area contributed by atoms with Gasteiger partial charge in [-0.2, -0.15) is 5.10 Å². The summed E-state index contributed by atoms with van der Waals surface area (Å²) in [5, 5.41) is 5.04. The van der Waals surface area contributed by atoms with Crippen LogP contribution in [0.1, 0.15) is 94.9 Å². The first-order valence-electron chi connectivity index (χ1n) is 15.8. The van der Waals surface area contributed by atoms with Crippen LogP contribution in [0, 0.1) is 10.8 Å². The Morgan fingerprint density at radius 2 is 1.71 bits per heavy atom. The molecule has 0 saturated heterocycles. The number of fused-ring (bicyclic) bond motifs is 3. The number of aromatic nitrogens is 4. The van der Waals surface area contributed by atoms with Gasteiger partial charge in [-0.3, -0.25) is 9.48 Å².